The third-order valence-corrected chi connectivity index (χ3v) is 5.61. The molecule has 1 aliphatic carbocycles. The summed E-state index contributed by atoms with van der Waals surface area (Å²) in [6, 6.07) is 12.8. The van der Waals surface area contributed by atoms with Crippen molar-refractivity contribution >= 4 is 5.91 Å². The van der Waals surface area contributed by atoms with Crippen LogP contribution >= 0.6 is 0 Å². The molecule has 0 unspecified atom stereocenters. The van der Waals surface area contributed by atoms with E-state index in [9.17, 15) is 4.79 Å². The van der Waals surface area contributed by atoms with Crippen molar-refractivity contribution in [2.75, 3.05) is 13.1 Å². The SMILES string of the molecule is O=C(N[C@H]1CCc2ccccc2C1)C1CCN(Cc2ccco2)CC1. The standard InChI is InChI=1S/C21H26N2O2/c24-21(22-19-8-7-16-4-1-2-5-18(16)14-19)17-9-11-23(12-10-17)15-20-6-3-13-25-20/h1-6,13,17,19H,7-12,14-15H2,(H,22,24)/t19-/m0/s1. The third kappa shape index (κ3) is 3.96. The summed E-state index contributed by atoms with van der Waals surface area (Å²) in [4.78, 5) is 15.0. The largest absolute Gasteiger partial charge is 0.468 e. The first-order chi connectivity index (χ1) is 12.3. The van der Waals surface area contributed by atoms with E-state index in [0.29, 0.717) is 6.04 Å². The Morgan fingerprint density at radius 2 is 1.88 bits per heavy atom. The molecule has 0 spiro atoms. The number of furan rings is 1. The van der Waals surface area contributed by atoms with E-state index in [1.807, 2.05) is 12.1 Å². The molecule has 25 heavy (non-hydrogen) atoms. The lowest BCUT2D eigenvalue weighted by molar-refractivity contribution is -0.127. The number of hydrogen-bond acceptors (Lipinski definition) is 3. The number of likely N-dealkylation sites (tertiary alicyclic amines) is 1. The fourth-order valence-corrected chi connectivity index (χ4v) is 4.12. The van der Waals surface area contributed by atoms with Crippen LogP contribution in [0.1, 0.15) is 36.1 Å². The van der Waals surface area contributed by atoms with Gasteiger partial charge in [-0.25, -0.2) is 0 Å². The maximum Gasteiger partial charge on any atom is 0.223 e. The molecule has 0 radical (unpaired) electrons. The maximum absolute atomic E-state index is 12.7. The predicted molar refractivity (Wildman–Crippen MR) is 97.1 cm³/mol. The van der Waals surface area contributed by atoms with E-state index in [-0.39, 0.29) is 11.8 Å². The minimum absolute atomic E-state index is 0.157. The average Bonchev–Trinajstić information content (AvgIpc) is 3.15. The number of nitrogens with one attached hydrogen (secondary N) is 1. The second-order valence-corrected chi connectivity index (χ2v) is 7.35. The quantitative estimate of drug-likeness (QED) is 0.931. The van der Waals surface area contributed by atoms with Gasteiger partial charge in [-0.15, -0.1) is 0 Å². The van der Waals surface area contributed by atoms with Crippen LogP contribution in [0.2, 0.25) is 0 Å². The van der Waals surface area contributed by atoms with Gasteiger partial charge in [-0.05, 0) is 68.5 Å². The van der Waals surface area contributed by atoms with Gasteiger partial charge >= 0.3 is 0 Å². The number of piperidine rings is 1. The monoisotopic (exact) mass is 338 g/mol. The van der Waals surface area contributed by atoms with E-state index >= 15 is 0 Å². The highest BCUT2D eigenvalue weighted by molar-refractivity contribution is 5.79. The molecule has 2 aromatic rings. The first-order valence-corrected chi connectivity index (χ1v) is 9.40. The van der Waals surface area contributed by atoms with Gasteiger partial charge in [0.2, 0.25) is 5.91 Å². The van der Waals surface area contributed by atoms with Gasteiger partial charge in [0, 0.05) is 12.0 Å². The van der Waals surface area contributed by atoms with Crippen LogP contribution in [0.25, 0.3) is 0 Å². The van der Waals surface area contributed by atoms with Crippen LogP contribution in [0.3, 0.4) is 0 Å². The van der Waals surface area contributed by atoms with Gasteiger partial charge in [-0.1, -0.05) is 24.3 Å². The lowest BCUT2D eigenvalue weighted by Crippen LogP contribution is -2.45. The van der Waals surface area contributed by atoms with Crippen LogP contribution in [-0.4, -0.2) is 29.9 Å². The molecule has 1 amide bonds. The van der Waals surface area contributed by atoms with Crippen molar-refractivity contribution in [3.63, 3.8) is 0 Å². The number of amides is 1. The lowest BCUT2D eigenvalue weighted by atomic mass is 9.87. The normalized spacial score (nSPS) is 21.7. The minimum Gasteiger partial charge on any atom is -0.468 e. The molecule has 4 rings (SSSR count). The molecule has 2 heterocycles. The molecule has 2 aliphatic rings. The summed E-state index contributed by atoms with van der Waals surface area (Å²) >= 11 is 0. The summed E-state index contributed by atoms with van der Waals surface area (Å²) in [5, 5.41) is 3.31. The lowest BCUT2D eigenvalue weighted by Gasteiger charge is -2.32. The third-order valence-electron chi connectivity index (χ3n) is 5.61. The zero-order chi connectivity index (χ0) is 17.1. The Morgan fingerprint density at radius 1 is 1.08 bits per heavy atom. The van der Waals surface area contributed by atoms with Crippen molar-refractivity contribution in [3.8, 4) is 0 Å². The number of rotatable bonds is 4. The maximum atomic E-state index is 12.7. The number of carbonyl (C=O) groups is 1. The number of nitrogens with zero attached hydrogens (tertiary/aromatic N) is 1. The molecule has 4 nitrogen and oxygen atoms in total. The topological polar surface area (TPSA) is 45.5 Å². The van der Waals surface area contributed by atoms with Crippen molar-refractivity contribution in [2.45, 2.75) is 44.7 Å². The molecule has 1 aromatic heterocycles. The van der Waals surface area contributed by atoms with Crippen LogP contribution in [0.15, 0.2) is 47.1 Å². The molecule has 4 heteroatoms. The number of benzene rings is 1. The van der Waals surface area contributed by atoms with Crippen molar-refractivity contribution in [2.24, 2.45) is 5.92 Å². The van der Waals surface area contributed by atoms with Gasteiger partial charge in [-0.3, -0.25) is 9.69 Å². The highest BCUT2D eigenvalue weighted by Crippen LogP contribution is 2.23. The number of fused-ring (bicyclic) bond motifs is 1. The zero-order valence-electron chi connectivity index (χ0n) is 14.6. The number of carbonyl (C=O) groups excluding carboxylic acids is 1. The van der Waals surface area contributed by atoms with Crippen LogP contribution < -0.4 is 5.32 Å². The smallest absolute Gasteiger partial charge is 0.223 e. The van der Waals surface area contributed by atoms with Gasteiger partial charge in [0.1, 0.15) is 5.76 Å². The Balaban J connectivity index is 1.25. The van der Waals surface area contributed by atoms with Gasteiger partial charge in [0.05, 0.1) is 12.8 Å². The summed E-state index contributed by atoms with van der Waals surface area (Å²) < 4.78 is 5.42. The van der Waals surface area contributed by atoms with Crippen molar-refractivity contribution in [1.29, 1.82) is 0 Å². The van der Waals surface area contributed by atoms with Crippen molar-refractivity contribution < 1.29 is 9.21 Å². The molecule has 0 saturated carbocycles. The average molecular weight is 338 g/mol. The Bertz CT molecular complexity index is 702. The van der Waals surface area contributed by atoms with Gasteiger partial charge < -0.3 is 9.73 Å². The Labute approximate surface area is 149 Å². The van der Waals surface area contributed by atoms with Crippen LogP contribution in [0.4, 0.5) is 0 Å². The Morgan fingerprint density at radius 3 is 2.64 bits per heavy atom. The molecule has 1 aromatic carbocycles. The summed E-state index contributed by atoms with van der Waals surface area (Å²) in [5.74, 6) is 1.41. The Kier molecular flexibility index (Phi) is 4.88. The van der Waals surface area contributed by atoms with E-state index in [2.05, 4.69) is 34.5 Å². The van der Waals surface area contributed by atoms with E-state index in [1.165, 1.54) is 11.1 Å². The summed E-state index contributed by atoms with van der Waals surface area (Å²) in [7, 11) is 0. The summed E-state index contributed by atoms with van der Waals surface area (Å²) in [6.45, 7) is 2.78. The molecule has 1 saturated heterocycles. The van der Waals surface area contributed by atoms with E-state index in [0.717, 1.165) is 57.5 Å². The molecule has 1 aliphatic heterocycles. The fourth-order valence-electron chi connectivity index (χ4n) is 4.12. The molecular weight excluding hydrogens is 312 g/mol. The van der Waals surface area contributed by atoms with Crippen molar-refractivity contribution in [1.82, 2.24) is 10.2 Å². The van der Waals surface area contributed by atoms with Crippen LogP contribution in [-0.2, 0) is 24.2 Å². The minimum atomic E-state index is 0.157. The second kappa shape index (κ2) is 7.44. The zero-order valence-corrected chi connectivity index (χ0v) is 14.6. The highest BCUT2D eigenvalue weighted by Gasteiger charge is 2.28. The van der Waals surface area contributed by atoms with Crippen LogP contribution in [0, 0.1) is 5.92 Å². The first kappa shape index (κ1) is 16.4. The van der Waals surface area contributed by atoms with Gasteiger partial charge in [0.15, 0.2) is 0 Å². The van der Waals surface area contributed by atoms with Crippen molar-refractivity contribution in [3.05, 3.63) is 59.5 Å². The van der Waals surface area contributed by atoms with Gasteiger partial charge in [0.25, 0.3) is 0 Å². The van der Waals surface area contributed by atoms with Gasteiger partial charge in [-0.2, -0.15) is 0 Å². The predicted octanol–water partition coefficient (Wildman–Crippen LogP) is 3.17. The van der Waals surface area contributed by atoms with E-state index in [4.69, 9.17) is 4.42 Å². The van der Waals surface area contributed by atoms with E-state index < -0.39 is 0 Å². The molecule has 1 fully saturated rings. The molecule has 132 valence electrons. The number of aryl methyl sites for hydroxylation is 1. The highest BCUT2D eigenvalue weighted by atomic mass is 16.3. The molecule has 0 bridgehead atoms. The number of hydrogen-bond donors (Lipinski definition) is 1. The molecule has 1 N–H and O–H groups in total. The van der Waals surface area contributed by atoms with Crippen LogP contribution in [0.5, 0.6) is 0 Å². The van der Waals surface area contributed by atoms with E-state index in [1.54, 1.807) is 6.26 Å². The Hall–Kier alpha value is -2.07. The molecule has 1 atom stereocenters. The fraction of sp³-hybridized carbons (Fsp3) is 0.476. The molecular formula is C21H26N2O2. The summed E-state index contributed by atoms with van der Waals surface area (Å²) in [6.07, 6.45) is 6.70. The summed E-state index contributed by atoms with van der Waals surface area (Å²) in [5.41, 5.74) is 2.84. The first-order valence-electron chi connectivity index (χ1n) is 9.40. The second-order valence-electron chi connectivity index (χ2n) is 7.35.